The molecule has 0 unspecified atom stereocenters. The Kier molecular flexibility index (Phi) is 3.47. The van der Waals surface area contributed by atoms with Crippen molar-refractivity contribution in [2.45, 2.75) is 38.6 Å². The zero-order valence-corrected chi connectivity index (χ0v) is 10.3. The van der Waals surface area contributed by atoms with E-state index in [2.05, 4.69) is 10.2 Å². The Morgan fingerprint density at radius 2 is 2.47 bits per heavy atom. The Bertz CT molecular complexity index is 400. The molecule has 2 N–H and O–H groups in total. The summed E-state index contributed by atoms with van der Waals surface area (Å²) in [5.74, 6) is 0.251. The van der Waals surface area contributed by atoms with Crippen molar-refractivity contribution in [1.29, 1.82) is 0 Å². The predicted molar refractivity (Wildman–Crippen MR) is 63.8 cm³/mol. The number of H-pyrrole nitrogens is 1. The molecule has 1 aliphatic heterocycles. The van der Waals surface area contributed by atoms with Gasteiger partial charge in [0.25, 0.3) is 5.91 Å². The molecule has 0 saturated carbocycles. The first-order valence-corrected chi connectivity index (χ1v) is 6.10. The van der Waals surface area contributed by atoms with E-state index in [9.17, 15) is 9.90 Å². The van der Waals surface area contributed by atoms with Crippen molar-refractivity contribution in [2.24, 2.45) is 0 Å². The molecule has 1 aromatic heterocycles. The second-order valence-corrected chi connectivity index (χ2v) is 4.84. The number of carbonyl (C=O) groups is 1. The van der Waals surface area contributed by atoms with Crippen LogP contribution in [0.25, 0.3) is 0 Å². The molecule has 17 heavy (non-hydrogen) atoms. The van der Waals surface area contributed by atoms with Gasteiger partial charge in [-0.1, -0.05) is 13.8 Å². The zero-order chi connectivity index (χ0) is 12.4. The molecule has 5 nitrogen and oxygen atoms in total. The molecule has 5 heteroatoms. The van der Waals surface area contributed by atoms with Gasteiger partial charge in [0.15, 0.2) is 0 Å². The van der Waals surface area contributed by atoms with E-state index in [1.807, 2.05) is 13.8 Å². The standard InChI is InChI=1S/C12H19N3O2/c1-8(2)10-6-11(14-13-10)12(17)15-5-3-4-9(15)7-16/h6,8-9,16H,3-5,7H2,1-2H3,(H,13,14)/t9-/m0/s1. The summed E-state index contributed by atoms with van der Waals surface area (Å²) in [6, 6.07) is 1.77. The number of nitrogens with one attached hydrogen (secondary N) is 1. The van der Waals surface area contributed by atoms with Crippen LogP contribution < -0.4 is 0 Å². The minimum atomic E-state index is -0.0790. The number of likely N-dealkylation sites (tertiary alicyclic amines) is 1. The maximum absolute atomic E-state index is 12.2. The van der Waals surface area contributed by atoms with E-state index in [1.165, 1.54) is 0 Å². The summed E-state index contributed by atoms with van der Waals surface area (Å²) in [6.45, 7) is 4.85. The molecule has 0 aromatic carbocycles. The van der Waals surface area contributed by atoms with Crippen LogP contribution in [-0.2, 0) is 0 Å². The molecule has 1 aliphatic rings. The summed E-state index contributed by atoms with van der Waals surface area (Å²) < 4.78 is 0. The summed E-state index contributed by atoms with van der Waals surface area (Å²) >= 11 is 0. The number of aliphatic hydroxyl groups is 1. The van der Waals surface area contributed by atoms with Gasteiger partial charge < -0.3 is 10.0 Å². The van der Waals surface area contributed by atoms with Gasteiger partial charge in [-0.25, -0.2) is 0 Å². The molecule has 1 atom stereocenters. The van der Waals surface area contributed by atoms with Crippen molar-refractivity contribution in [3.63, 3.8) is 0 Å². The van der Waals surface area contributed by atoms with Crippen molar-refractivity contribution in [1.82, 2.24) is 15.1 Å². The average molecular weight is 237 g/mol. The van der Waals surface area contributed by atoms with Gasteiger partial charge in [0.05, 0.1) is 12.6 Å². The highest BCUT2D eigenvalue weighted by Crippen LogP contribution is 2.20. The summed E-state index contributed by atoms with van der Waals surface area (Å²) in [7, 11) is 0. The van der Waals surface area contributed by atoms with Crippen LogP contribution in [0.3, 0.4) is 0 Å². The molecule has 1 fully saturated rings. The van der Waals surface area contributed by atoms with E-state index in [0.717, 1.165) is 18.5 Å². The predicted octanol–water partition coefficient (Wildman–Crippen LogP) is 1.13. The lowest BCUT2D eigenvalue weighted by atomic mass is 10.1. The Morgan fingerprint density at radius 3 is 3.06 bits per heavy atom. The highest BCUT2D eigenvalue weighted by Gasteiger charge is 2.30. The average Bonchev–Trinajstić information content (AvgIpc) is 2.96. The number of nitrogens with zero attached hydrogens (tertiary/aromatic N) is 2. The maximum atomic E-state index is 12.2. The van der Waals surface area contributed by atoms with Crippen LogP contribution in [0.2, 0.25) is 0 Å². The van der Waals surface area contributed by atoms with Crippen LogP contribution in [0.1, 0.15) is 48.8 Å². The van der Waals surface area contributed by atoms with Gasteiger partial charge in [-0.2, -0.15) is 5.10 Å². The fourth-order valence-corrected chi connectivity index (χ4v) is 2.18. The lowest BCUT2D eigenvalue weighted by molar-refractivity contribution is 0.0671. The Hall–Kier alpha value is -1.36. The Balaban J connectivity index is 2.13. The summed E-state index contributed by atoms with van der Waals surface area (Å²) in [6.07, 6.45) is 1.84. The second-order valence-electron chi connectivity index (χ2n) is 4.84. The maximum Gasteiger partial charge on any atom is 0.274 e. The first-order valence-electron chi connectivity index (χ1n) is 6.10. The smallest absolute Gasteiger partial charge is 0.274 e. The van der Waals surface area contributed by atoms with Crippen LogP contribution >= 0.6 is 0 Å². The van der Waals surface area contributed by atoms with Crippen LogP contribution in [-0.4, -0.2) is 45.3 Å². The van der Waals surface area contributed by atoms with Gasteiger partial charge in [-0.3, -0.25) is 9.89 Å². The SMILES string of the molecule is CC(C)c1cc(C(=O)N2CCC[C@H]2CO)n[nH]1. The fourth-order valence-electron chi connectivity index (χ4n) is 2.18. The fraction of sp³-hybridized carbons (Fsp3) is 0.667. The largest absolute Gasteiger partial charge is 0.394 e. The van der Waals surface area contributed by atoms with Crippen molar-refractivity contribution in [3.05, 3.63) is 17.5 Å². The van der Waals surface area contributed by atoms with Crippen LogP contribution in [0, 0.1) is 0 Å². The van der Waals surface area contributed by atoms with Gasteiger partial charge in [-0.05, 0) is 24.8 Å². The highest BCUT2D eigenvalue weighted by molar-refractivity contribution is 5.92. The van der Waals surface area contributed by atoms with Gasteiger partial charge in [0.2, 0.25) is 0 Å². The van der Waals surface area contributed by atoms with E-state index in [4.69, 9.17) is 0 Å². The van der Waals surface area contributed by atoms with Gasteiger partial charge >= 0.3 is 0 Å². The summed E-state index contributed by atoms with van der Waals surface area (Å²) in [4.78, 5) is 13.9. The molecule has 1 saturated heterocycles. The van der Waals surface area contributed by atoms with Crippen LogP contribution in [0.15, 0.2) is 6.07 Å². The van der Waals surface area contributed by atoms with Crippen LogP contribution in [0.5, 0.6) is 0 Å². The second kappa shape index (κ2) is 4.87. The molecule has 94 valence electrons. The topological polar surface area (TPSA) is 69.2 Å². The number of hydrogen-bond donors (Lipinski definition) is 2. The number of carbonyl (C=O) groups excluding carboxylic acids is 1. The van der Waals surface area contributed by atoms with Gasteiger partial charge in [0.1, 0.15) is 5.69 Å². The lowest BCUT2D eigenvalue weighted by Gasteiger charge is -2.21. The Labute approximate surface area is 101 Å². The molecule has 0 aliphatic carbocycles. The van der Waals surface area contributed by atoms with E-state index in [-0.39, 0.29) is 18.6 Å². The number of amides is 1. The van der Waals surface area contributed by atoms with Crippen molar-refractivity contribution in [2.75, 3.05) is 13.2 Å². The molecule has 2 rings (SSSR count). The normalized spacial score (nSPS) is 20.2. The van der Waals surface area contributed by atoms with E-state index in [0.29, 0.717) is 18.2 Å². The number of aromatic nitrogens is 2. The minimum Gasteiger partial charge on any atom is -0.394 e. The van der Waals surface area contributed by atoms with Crippen molar-refractivity contribution in [3.8, 4) is 0 Å². The van der Waals surface area contributed by atoms with Gasteiger partial charge in [0, 0.05) is 12.2 Å². The molecule has 0 bridgehead atoms. The molecule has 2 heterocycles. The number of hydrogen-bond acceptors (Lipinski definition) is 3. The van der Waals surface area contributed by atoms with Crippen molar-refractivity contribution >= 4 is 5.91 Å². The van der Waals surface area contributed by atoms with E-state index < -0.39 is 0 Å². The first-order chi connectivity index (χ1) is 8.13. The molecule has 0 radical (unpaired) electrons. The zero-order valence-electron chi connectivity index (χ0n) is 10.3. The highest BCUT2D eigenvalue weighted by atomic mass is 16.3. The molecule has 1 aromatic rings. The molecular weight excluding hydrogens is 218 g/mol. The van der Waals surface area contributed by atoms with Gasteiger partial charge in [-0.15, -0.1) is 0 Å². The lowest BCUT2D eigenvalue weighted by Crippen LogP contribution is -2.37. The summed E-state index contributed by atoms with van der Waals surface area (Å²) in [5, 5.41) is 16.1. The third kappa shape index (κ3) is 2.34. The first kappa shape index (κ1) is 12.1. The number of rotatable bonds is 3. The third-order valence-electron chi connectivity index (χ3n) is 3.29. The monoisotopic (exact) mass is 237 g/mol. The molecule has 1 amide bonds. The third-order valence-corrected chi connectivity index (χ3v) is 3.29. The molecule has 0 spiro atoms. The molecular formula is C12H19N3O2. The van der Waals surface area contributed by atoms with E-state index in [1.54, 1.807) is 11.0 Å². The minimum absolute atomic E-state index is 0.0349. The van der Waals surface area contributed by atoms with Crippen molar-refractivity contribution < 1.29 is 9.90 Å². The quantitative estimate of drug-likeness (QED) is 0.828. The van der Waals surface area contributed by atoms with E-state index >= 15 is 0 Å². The van der Waals surface area contributed by atoms with Crippen LogP contribution in [0.4, 0.5) is 0 Å². The number of aliphatic hydroxyl groups excluding tert-OH is 1. The Morgan fingerprint density at radius 1 is 1.71 bits per heavy atom. The number of aromatic amines is 1. The summed E-state index contributed by atoms with van der Waals surface area (Å²) in [5.41, 5.74) is 1.42.